The zero-order valence-electron chi connectivity index (χ0n) is 15.5. The number of terminal acetylenes is 1. The molecular weight excluding hydrogens is 422 g/mol. The number of ether oxygens (including phenoxy) is 1. The van der Waals surface area contributed by atoms with Crippen molar-refractivity contribution in [1.29, 1.82) is 5.26 Å². The summed E-state index contributed by atoms with van der Waals surface area (Å²) in [5.41, 5.74) is 3.30. The molecule has 28 heavy (non-hydrogen) atoms. The second-order valence-corrected chi connectivity index (χ2v) is 6.78. The Labute approximate surface area is 171 Å². The number of nitrogens with zero attached hydrogens (tertiary/aromatic N) is 2. The number of nitrogens with one attached hydrogen (secondary N) is 1. The van der Waals surface area contributed by atoms with E-state index in [1.54, 1.807) is 0 Å². The van der Waals surface area contributed by atoms with Crippen LogP contribution >= 0.6 is 15.9 Å². The fourth-order valence-corrected chi connectivity index (χ4v) is 2.89. The SMILES string of the molecule is C#CCNC(=O)COC(=O)/C(C#N)=C/c1cc(C)n(-c2ccc(Br)cc2)c1C. The first-order valence-electron chi connectivity index (χ1n) is 8.31. The van der Waals surface area contributed by atoms with Gasteiger partial charge in [0.25, 0.3) is 5.91 Å². The van der Waals surface area contributed by atoms with Crippen LogP contribution in [0.25, 0.3) is 11.8 Å². The van der Waals surface area contributed by atoms with Crippen molar-refractivity contribution in [3.8, 4) is 24.1 Å². The molecular formula is C21H18BrN3O3. The van der Waals surface area contributed by atoms with Gasteiger partial charge in [0.1, 0.15) is 11.6 Å². The molecule has 0 radical (unpaired) electrons. The summed E-state index contributed by atoms with van der Waals surface area (Å²) in [6.45, 7) is 3.37. The number of hydrogen-bond donors (Lipinski definition) is 1. The van der Waals surface area contributed by atoms with E-state index >= 15 is 0 Å². The highest BCUT2D eigenvalue weighted by molar-refractivity contribution is 9.10. The van der Waals surface area contributed by atoms with Crippen LogP contribution in [0, 0.1) is 37.5 Å². The lowest BCUT2D eigenvalue weighted by Crippen LogP contribution is -2.29. The van der Waals surface area contributed by atoms with Gasteiger partial charge < -0.3 is 14.6 Å². The highest BCUT2D eigenvalue weighted by atomic mass is 79.9. The van der Waals surface area contributed by atoms with Gasteiger partial charge in [-0.05, 0) is 55.8 Å². The molecule has 7 heteroatoms. The standard InChI is InChI=1S/C21H18BrN3O3/c1-4-9-24-20(26)13-28-21(27)17(12-23)11-16-10-14(2)25(15(16)3)19-7-5-18(22)6-8-19/h1,5-8,10-11H,9,13H2,2-3H3,(H,24,26)/b17-11+. The summed E-state index contributed by atoms with van der Waals surface area (Å²) >= 11 is 3.41. The van der Waals surface area contributed by atoms with E-state index in [1.807, 2.05) is 54.8 Å². The van der Waals surface area contributed by atoms with E-state index in [1.165, 1.54) is 6.08 Å². The van der Waals surface area contributed by atoms with Gasteiger partial charge in [-0.15, -0.1) is 6.42 Å². The van der Waals surface area contributed by atoms with Crippen LogP contribution in [0.2, 0.25) is 0 Å². The van der Waals surface area contributed by atoms with Crippen molar-refractivity contribution in [3.05, 3.63) is 57.3 Å². The van der Waals surface area contributed by atoms with Gasteiger partial charge in [0.2, 0.25) is 0 Å². The minimum absolute atomic E-state index is 0.0410. The molecule has 0 saturated heterocycles. The van der Waals surface area contributed by atoms with E-state index in [-0.39, 0.29) is 12.1 Å². The van der Waals surface area contributed by atoms with Crippen LogP contribution < -0.4 is 5.32 Å². The maximum Gasteiger partial charge on any atom is 0.349 e. The molecule has 0 saturated carbocycles. The van der Waals surface area contributed by atoms with E-state index in [2.05, 4.69) is 27.2 Å². The van der Waals surface area contributed by atoms with Gasteiger partial charge in [0.15, 0.2) is 6.61 Å². The number of rotatable bonds is 6. The number of halogens is 1. The molecule has 0 aliphatic carbocycles. The van der Waals surface area contributed by atoms with Crippen molar-refractivity contribution < 1.29 is 14.3 Å². The molecule has 2 aromatic rings. The fourth-order valence-electron chi connectivity index (χ4n) is 2.62. The lowest BCUT2D eigenvalue weighted by Gasteiger charge is -2.09. The van der Waals surface area contributed by atoms with Crippen LogP contribution in [0.3, 0.4) is 0 Å². The van der Waals surface area contributed by atoms with E-state index < -0.39 is 18.5 Å². The highest BCUT2D eigenvalue weighted by Crippen LogP contribution is 2.24. The first kappa shape index (κ1) is 21.0. The molecule has 142 valence electrons. The molecule has 0 spiro atoms. The topological polar surface area (TPSA) is 84.1 Å². The number of amides is 1. The minimum Gasteiger partial charge on any atom is -0.451 e. The number of carbonyl (C=O) groups is 2. The van der Waals surface area contributed by atoms with Crippen LogP contribution in [0.4, 0.5) is 0 Å². The average molecular weight is 440 g/mol. The van der Waals surface area contributed by atoms with Crippen LogP contribution in [0.5, 0.6) is 0 Å². The Hall–Kier alpha value is -3.29. The summed E-state index contributed by atoms with van der Waals surface area (Å²) in [4.78, 5) is 23.6. The average Bonchev–Trinajstić information content (AvgIpc) is 2.96. The molecule has 0 aliphatic heterocycles. The van der Waals surface area contributed by atoms with Gasteiger partial charge in [0, 0.05) is 21.5 Å². The number of nitriles is 1. The molecule has 6 nitrogen and oxygen atoms in total. The van der Waals surface area contributed by atoms with Crippen molar-refractivity contribution in [2.75, 3.05) is 13.2 Å². The van der Waals surface area contributed by atoms with Crippen molar-refractivity contribution in [3.63, 3.8) is 0 Å². The van der Waals surface area contributed by atoms with Crippen LogP contribution in [0.1, 0.15) is 17.0 Å². The highest BCUT2D eigenvalue weighted by Gasteiger charge is 2.16. The predicted octanol–water partition coefficient (Wildman–Crippen LogP) is 3.06. The van der Waals surface area contributed by atoms with Gasteiger partial charge in [-0.2, -0.15) is 5.26 Å². The predicted molar refractivity (Wildman–Crippen MR) is 109 cm³/mol. The molecule has 1 heterocycles. The molecule has 0 aliphatic rings. The van der Waals surface area contributed by atoms with Gasteiger partial charge in [-0.3, -0.25) is 4.79 Å². The number of esters is 1. The first-order chi connectivity index (χ1) is 13.4. The third-order valence-electron chi connectivity index (χ3n) is 3.92. The molecule has 0 bridgehead atoms. The summed E-state index contributed by atoms with van der Waals surface area (Å²) in [5, 5.41) is 11.7. The molecule has 2 rings (SSSR count). The number of benzene rings is 1. The lowest BCUT2D eigenvalue weighted by molar-refractivity contribution is -0.144. The Kier molecular flexibility index (Phi) is 7.20. The van der Waals surface area contributed by atoms with Crippen LogP contribution in [0.15, 0.2) is 40.4 Å². The normalized spacial score (nSPS) is 10.7. The third kappa shape index (κ3) is 5.12. The maximum atomic E-state index is 12.1. The van der Waals surface area contributed by atoms with E-state index in [9.17, 15) is 14.9 Å². The summed E-state index contributed by atoms with van der Waals surface area (Å²) in [5.74, 6) is 0.843. The molecule has 1 aromatic carbocycles. The van der Waals surface area contributed by atoms with Gasteiger partial charge >= 0.3 is 5.97 Å². The minimum atomic E-state index is -0.869. The Morgan fingerprint density at radius 2 is 2.00 bits per heavy atom. The van der Waals surface area contributed by atoms with E-state index in [4.69, 9.17) is 11.2 Å². The second kappa shape index (κ2) is 9.59. The fraction of sp³-hybridized carbons (Fsp3) is 0.190. The van der Waals surface area contributed by atoms with Crippen molar-refractivity contribution in [2.45, 2.75) is 13.8 Å². The van der Waals surface area contributed by atoms with Gasteiger partial charge in [-0.25, -0.2) is 4.79 Å². The number of aryl methyl sites for hydroxylation is 1. The maximum absolute atomic E-state index is 12.1. The van der Waals surface area contributed by atoms with Crippen LogP contribution in [-0.2, 0) is 14.3 Å². The molecule has 1 amide bonds. The summed E-state index contributed by atoms with van der Waals surface area (Å²) < 4.78 is 7.87. The largest absolute Gasteiger partial charge is 0.451 e. The van der Waals surface area contributed by atoms with E-state index in [0.29, 0.717) is 5.56 Å². The number of hydrogen-bond acceptors (Lipinski definition) is 4. The van der Waals surface area contributed by atoms with Crippen LogP contribution in [-0.4, -0.2) is 29.6 Å². The van der Waals surface area contributed by atoms with E-state index in [0.717, 1.165) is 21.5 Å². The second-order valence-electron chi connectivity index (χ2n) is 5.87. The Balaban J connectivity index is 2.23. The van der Waals surface area contributed by atoms with Crippen molar-refractivity contribution >= 4 is 33.9 Å². The molecule has 0 fully saturated rings. The molecule has 1 aromatic heterocycles. The molecule has 0 atom stereocenters. The zero-order chi connectivity index (χ0) is 20.7. The summed E-state index contributed by atoms with van der Waals surface area (Å²) in [7, 11) is 0. The number of aromatic nitrogens is 1. The lowest BCUT2D eigenvalue weighted by atomic mass is 10.1. The Bertz CT molecular complexity index is 1010. The summed E-state index contributed by atoms with van der Waals surface area (Å²) in [6.07, 6.45) is 6.49. The van der Waals surface area contributed by atoms with Crippen molar-refractivity contribution in [1.82, 2.24) is 9.88 Å². The van der Waals surface area contributed by atoms with Gasteiger partial charge in [0.05, 0.1) is 6.54 Å². The zero-order valence-corrected chi connectivity index (χ0v) is 17.0. The van der Waals surface area contributed by atoms with Crippen molar-refractivity contribution in [2.24, 2.45) is 0 Å². The third-order valence-corrected chi connectivity index (χ3v) is 4.45. The molecule has 1 N–H and O–H groups in total. The summed E-state index contributed by atoms with van der Waals surface area (Å²) in [6, 6.07) is 11.5. The quantitative estimate of drug-likeness (QED) is 0.324. The molecule has 0 unspecified atom stereocenters. The van der Waals surface area contributed by atoms with Gasteiger partial charge in [-0.1, -0.05) is 21.9 Å². The monoisotopic (exact) mass is 439 g/mol. The smallest absolute Gasteiger partial charge is 0.349 e. The number of carbonyl (C=O) groups excluding carboxylic acids is 2. The Morgan fingerprint density at radius 3 is 2.61 bits per heavy atom. The Morgan fingerprint density at radius 1 is 1.32 bits per heavy atom. The first-order valence-corrected chi connectivity index (χ1v) is 9.10.